The Morgan fingerprint density at radius 2 is 2.06 bits per heavy atom. The van der Waals surface area contributed by atoms with Gasteiger partial charge >= 0.3 is 6.16 Å². The Hall–Kier alpha value is -1.69. The molecule has 2 rings (SSSR count). The number of thiophene rings is 1. The zero-order valence-electron chi connectivity index (χ0n) is 8.12. The van der Waals surface area contributed by atoms with E-state index in [9.17, 15) is 13.6 Å². The standard InChI is InChI=1S/C10H6F2O3S/c1-14-10(13)15-8-3-5-2-6(11)4-7(12)9(5)16-8/h2-4H,1H3. The minimum absolute atomic E-state index is 0.159. The number of benzene rings is 1. The highest BCUT2D eigenvalue weighted by atomic mass is 32.1. The van der Waals surface area contributed by atoms with Gasteiger partial charge in [0, 0.05) is 17.5 Å². The van der Waals surface area contributed by atoms with Gasteiger partial charge in [0.1, 0.15) is 11.6 Å². The van der Waals surface area contributed by atoms with Gasteiger partial charge < -0.3 is 9.47 Å². The molecule has 84 valence electrons. The van der Waals surface area contributed by atoms with Crippen LogP contribution >= 0.6 is 11.3 Å². The first kappa shape index (κ1) is 10.8. The Labute approximate surface area is 93.2 Å². The van der Waals surface area contributed by atoms with E-state index in [1.54, 1.807) is 0 Å². The maximum Gasteiger partial charge on any atom is 0.514 e. The average Bonchev–Trinajstić information content (AvgIpc) is 2.60. The molecule has 0 bridgehead atoms. The first-order valence-electron chi connectivity index (χ1n) is 4.24. The van der Waals surface area contributed by atoms with Gasteiger partial charge in [-0.15, -0.1) is 0 Å². The van der Waals surface area contributed by atoms with E-state index in [4.69, 9.17) is 4.74 Å². The zero-order chi connectivity index (χ0) is 11.7. The van der Waals surface area contributed by atoms with Gasteiger partial charge in [0.2, 0.25) is 0 Å². The Morgan fingerprint density at radius 1 is 1.31 bits per heavy atom. The number of methoxy groups -OCH3 is 1. The SMILES string of the molecule is COC(=O)Oc1cc2cc(F)cc(F)c2s1. The lowest BCUT2D eigenvalue weighted by atomic mass is 10.2. The van der Waals surface area contributed by atoms with E-state index in [2.05, 4.69) is 4.74 Å². The molecule has 0 amide bonds. The fraction of sp³-hybridized carbons (Fsp3) is 0.100. The number of carbonyl (C=O) groups excluding carboxylic acids is 1. The molecule has 1 heterocycles. The van der Waals surface area contributed by atoms with E-state index in [1.807, 2.05) is 0 Å². The maximum atomic E-state index is 13.3. The van der Waals surface area contributed by atoms with Crippen LogP contribution in [0.25, 0.3) is 10.1 Å². The van der Waals surface area contributed by atoms with Crippen LogP contribution in [0.4, 0.5) is 13.6 Å². The fourth-order valence-electron chi connectivity index (χ4n) is 1.23. The summed E-state index contributed by atoms with van der Waals surface area (Å²) in [6.45, 7) is 0. The lowest BCUT2D eigenvalue weighted by molar-refractivity contribution is 0.123. The summed E-state index contributed by atoms with van der Waals surface area (Å²) in [5.41, 5.74) is 0. The Balaban J connectivity index is 2.44. The molecule has 0 N–H and O–H groups in total. The summed E-state index contributed by atoms with van der Waals surface area (Å²) in [6, 6.07) is 3.32. The zero-order valence-corrected chi connectivity index (χ0v) is 8.94. The van der Waals surface area contributed by atoms with Crippen molar-refractivity contribution >= 4 is 27.6 Å². The van der Waals surface area contributed by atoms with Crippen molar-refractivity contribution in [1.29, 1.82) is 0 Å². The van der Waals surface area contributed by atoms with E-state index < -0.39 is 17.8 Å². The lowest BCUT2D eigenvalue weighted by Gasteiger charge is -1.96. The quantitative estimate of drug-likeness (QED) is 0.722. The fourth-order valence-corrected chi connectivity index (χ4v) is 2.12. The van der Waals surface area contributed by atoms with Crippen molar-refractivity contribution in [2.75, 3.05) is 7.11 Å². The molecule has 0 spiro atoms. The molecular formula is C10H6F2O3S. The van der Waals surface area contributed by atoms with Crippen LogP contribution < -0.4 is 4.74 Å². The number of halogens is 2. The summed E-state index contributed by atoms with van der Waals surface area (Å²) >= 11 is 0.912. The maximum absolute atomic E-state index is 13.3. The molecule has 2 aromatic rings. The van der Waals surface area contributed by atoms with Crippen molar-refractivity contribution in [3.05, 3.63) is 29.8 Å². The van der Waals surface area contributed by atoms with Crippen molar-refractivity contribution in [1.82, 2.24) is 0 Å². The van der Waals surface area contributed by atoms with Crippen LogP contribution in [0.3, 0.4) is 0 Å². The number of rotatable bonds is 1. The predicted molar refractivity (Wildman–Crippen MR) is 54.8 cm³/mol. The molecule has 0 aliphatic rings. The molecule has 16 heavy (non-hydrogen) atoms. The topological polar surface area (TPSA) is 35.5 Å². The smallest absolute Gasteiger partial charge is 0.437 e. The molecule has 0 aliphatic heterocycles. The first-order chi connectivity index (χ1) is 7.60. The van der Waals surface area contributed by atoms with Crippen molar-refractivity contribution < 1.29 is 23.0 Å². The van der Waals surface area contributed by atoms with Crippen LogP contribution in [0.2, 0.25) is 0 Å². The molecule has 0 aliphatic carbocycles. The highest BCUT2D eigenvalue weighted by Crippen LogP contribution is 2.34. The van der Waals surface area contributed by atoms with Crippen molar-refractivity contribution in [2.24, 2.45) is 0 Å². The van der Waals surface area contributed by atoms with Gasteiger partial charge in [0.15, 0.2) is 5.06 Å². The third kappa shape index (κ3) is 1.96. The molecule has 0 atom stereocenters. The molecule has 1 aromatic heterocycles. The van der Waals surface area contributed by atoms with Crippen molar-refractivity contribution in [3.63, 3.8) is 0 Å². The summed E-state index contributed by atoms with van der Waals surface area (Å²) in [4.78, 5) is 10.8. The van der Waals surface area contributed by atoms with Crippen LogP contribution in [0, 0.1) is 11.6 Å². The van der Waals surface area contributed by atoms with Gasteiger partial charge in [0.05, 0.1) is 11.8 Å². The van der Waals surface area contributed by atoms with Crippen LogP contribution in [0.5, 0.6) is 5.06 Å². The molecule has 1 aromatic carbocycles. The third-order valence-electron chi connectivity index (χ3n) is 1.86. The number of ether oxygens (including phenoxy) is 2. The highest BCUT2D eigenvalue weighted by molar-refractivity contribution is 7.20. The first-order valence-corrected chi connectivity index (χ1v) is 5.06. The lowest BCUT2D eigenvalue weighted by Crippen LogP contribution is -2.05. The Bertz CT molecular complexity index is 550. The van der Waals surface area contributed by atoms with E-state index in [1.165, 1.54) is 12.1 Å². The second-order valence-electron chi connectivity index (χ2n) is 2.93. The summed E-state index contributed by atoms with van der Waals surface area (Å²) in [5.74, 6) is -1.35. The van der Waals surface area contributed by atoms with Crippen LogP contribution in [0.1, 0.15) is 0 Å². The van der Waals surface area contributed by atoms with Gasteiger partial charge in [-0.25, -0.2) is 13.6 Å². The minimum Gasteiger partial charge on any atom is -0.437 e. The Kier molecular flexibility index (Phi) is 2.74. The number of fused-ring (bicyclic) bond motifs is 1. The van der Waals surface area contributed by atoms with Gasteiger partial charge in [-0.3, -0.25) is 0 Å². The van der Waals surface area contributed by atoms with Gasteiger partial charge in [0.25, 0.3) is 0 Å². The van der Waals surface area contributed by atoms with E-state index in [-0.39, 0.29) is 9.76 Å². The summed E-state index contributed by atoms with van der Waals surface area (Å²) in [5, 5.41) is 0.507. The molecule has 0 fully saturated rings. The van der Waals surface area contributed by atoms with Gasteiger partial charge in [-0.2, -0.15) is 0 Å². The molecule has 0 saturated carbocycles. The van der Waals surface area contributed by atoms with Crippen molar-refractivity contribution in [3.8, 4) is 5.06 Å². The largest absolute Gasteiger partial charge is 0.514 e. The second kappa shape index (κ2) is 4.05. The van der Waals surface area contributed by atoms with E-state index >= 15 is 0 Å². The summed E-state index contributed by atoms with van der Waals surface area (Å²) < 4.78 is 35.4. The summed E-state index contributed by atoms with van der Waals surface area (Å²) in [6.07, 6.45) is -0.896. The molecule has 6 heteroatoms. The normalized spacial score (nSPS) is 10.4. The third-order valence-corrected chi connectivity index (χ3v) is 2.90. The monoisotopic (exact) mass is 244 g/mol. The molecule has 0 unspecified atom stereocenters. The van der Waals surface area contributed by atoms with Gasteiger partial charge in [-0.05, 0) is 6.07 Å². The highest BCUT2D eigenvalue weighted by Gasteiger charge is 2.12. The van der Waals surface area contributed by atoms with E-state index in [0.717, 1.165) is 24.5 Å². The molecule has 0 saturated heterocycles. The van der Waals surface area contributed by atoms with Crippen LogP contribution in [-0.4, -0.2) is 13.3 Å². The molecule has 3 nitrogen and oxygen atoms in total. The van der Waals surface area contributed by atoms with Crippen LogP contribution in [0.15, 0.2) is 18.2 Å². The molecular weight excluding hydrogens is 238 g/mol. The second-order valence-corrected chi connectivity index (χ2v) is 3.94. The number of hydrogen-bond acceptors (Lipinski definition) is 4. The molecule has 0 radical (unpaired) electrons. The number of hydrogen-bond donors (Lipinski definition) is 0. The minimum atomic E-state index is -0.896. The van der Waals surface area contributed by atoms with E-state index in [0.29, 0.717) is 5.39 Å². The number of carbonyl (C=O) groups is 1. The van der Waals surface area contributed by atoms with Crippen molar-refractivity contribution in [2.45, 2.75) is 0 Å². The average molecular weight is 244 g/mol. The Morgan fingerprint density at radius 3 is 2.75 bits per heavy atom. The van der Waals surface area contributed by atoms with Crippen LogP contribution in [-0.2, 0) is 4.74 Å². The van der Waals surface area contributed by atoms with Gasteiger partial charge in [-0.1, -0.05) is 11.3 Å². The predicted octanol–water partition coefficient (Wildman–Crippen LogP) is 3.32. The summed E-state index contributed by atoms with van der Waals surface area (Å²) in [7, 11) is 1.16.